The molecule has 21 heavy (non-hydrogen) atoms. The van der Waals surface area contributed by atoms with Gasteiger partial charge >= 0.3 is 0 Å². The minimum Gasteiger partial charge on any atom is -0.361 e. The van der Waals surface area contributed by atoms with Gasteiger partial charge < -0.3 is 15.2 Å². The summed E-state index contributed by atoms with van der Waals surface area (Å²) in [5, 5.41) is 5.14. The first-order chi connectivity index (χ1) is 10.3. The molecule has 0 amide bonds. The number of rotatable bonds is 3. The fourth-order valence-corrected chi connectivity index (χ4v) is 4.33. The van der Waals surface area contributed by atoms with Crippen LogP contribution in [-0.4, -0.2) is 35.1 Å². The van der Waals surface area contributed by atoms with Crippen molar-refractivity contribution < 1.29 is 0 Å². The molecule has 2 aliphatic heterocycles. The summed E-state index contributed by atoms with van der Waals surface area (Å²) >= 11 is 0. The SMILES string of the molecule is CN1C2CCCC1CC(NCc1cccc3cc[nH]c13)C2. The van der Waals surface area contributed by atoms with Gasteiger partial charge in [0.15, 0.2) is 0 Å². The lowest BCUT2D eigenvalue weighted by atomic mass is 9.82. The first-order valence-corrected chi connectivity index (χ1v) is 8.31. The molecule has 0 aliphatic carbocycles. The Morgan fingerprint density at radius 1 is 1.19 bits per heavy atom. The van der Waals surface area contributed by atoms with Crippen molar-refractivity contribution in [2.24, 2.45) is 0 Å². The Balaban J connectivity index is 1.44. The Morgan fingerprint density at radius 3 is 2.81 bits per heavy atom. The van der Waals surface area contributed by atoms with E-state index in [2.05, 4.69) is 46.5 Å². The number of para-hydroxylation sites is 1. The highest BCUT2D eigenvalue weighted by atomic mass is 15.2. The first kappa shape index (κ1) is 13.4. The van der Waals surface area contributed by atoms with Crippen LogP contribution in [0.15, 0.2) is 30.5 Å². The van der Waals surface area contributed by atoms with E-state index in [1.54, 1.807) is 0 Å². The summed E-state index contributed by atoms with van der Waals surface area (Å²) in [5.74, 6) is 0. The molecular formula is C18H25N3. The normalized spacial score (nSPS) is 29.9. The molecule has 0 saturated carbocycles. The van der Waals surface area contributed by atoms with Gasteiger partial charge in [0, 0.05) is 36.4 Å². The van der Waals surface area contributed by atoms with E-state index in [4.69, 9.17) is 0 Å². The minimum absolute atomic E-state index is 0.682. The summed E-state index contributed by atoms with van der Waals surface area (Å²) in [7, 11) is 2.32. The van der Waals surface area contributed by atoms with Crippen LogP contribution >= 0.6 is 0 Å². The van der Waals surface area contributed by atoms with Crippen molar-refractivity contribution in [1.82, 2.24) is 15.2 Å². The zero-order valence-electron chi connectivity index (χ0n) is 12.8. The molecule has 2 saturated heterocycles. The number of piperidine rings is 2. The summed E-state index contributed by atoms with van der Waals surface area (Å²) in [6.45, 7) is 0.978. The topological polar surface area (TPSA) is 31.1 Å². The molecule has 112 valence electrons. The van der Waals surface area contributed by atoms with Crippen molar-refractivity contribution >= 4 is 10.9 Å². The quantitative estimate of drug-likeness (QED) is 0.906. The molecule has 0 spiro atoms. The van der Waals surface area contributed by atoms with E-state index in [1.165, 1.54) is 48.6 Å². The number of aromatic nitrogens is 1. The van der Waals surface area contributed by atoms with Gasteiger partial charge in [-0.25, -0.2) is 0 Å². The average molecular weight is 283 g/mol. The fourth-order valence-electron chi connectivity index (χ4n) is 4.33. The van der Waals surface area contributed by atoms with E-state index in [0.29, 0.717) is 6.04 Å². The van der Waals surface area contributed by atoms with E-state index in [-0.39, 0.29) is 0 Å². The summed E-state index contributed by atoms with van der Waals surface area (Å²) < 4.78 is 0. The molecule has 2 fully saturated rings. The van der Waals surface area contributed by atoms with Gasteiger partial charge in [-0.15, -0.1) is 0 Å². The van der Waals surface area contributed by atoms with E-state index in [1.807, 2.05) is 6.20 Å². The average Bonchev–Trinajstić information content (AvgIpc) is 2.94. The van der Waals surface area contributed by atoms with Crippen LogP contribution in [0.3, 0.4) is 0 Å². The van der Waals surface area contributed by atoms with Crippen molar-refractivity contribution in [2.75, 3.05) is 7.05 Å². The van der Waals surface area contributed by atoms with Crippen molar-refractivity contribution in [3.63, 3.8) is 0 Å². The number of H-pyrrole nitrogens is 1. The van der Waals surface area contributed by atoms with E-state index >= 15 is 0 Å². The standard InChI is InChI=1S/C18H25N3/c1-21-16-6-3-7-17(21)11-15(10-16)20-12-14-5-2-4-13-8-9-19-18(13)14/h2,4-5,8-9,15-17,19-20H,3,6-7,10-12H2,1H3. The molecule has 2 aromatic rings. The number of fused-ring (bicyclic) bond motifs is 3. The lowest BCUT2D eigenvalue weighted by molar-refractivity contribution is 0.0482. The van der Waals surface area contributed by atoms with Gasteiger partial charge in [-0.3, -0.25) is 0 Å². The number of benzene rings is 1. The van der Waals surface area contributed by atoms with Gasteiger partial charge in [-0.2, -0.15) is 0 Å². The van der Waals surface area contributed by atoms with Crippen LogP contribution in [0.5, 0.6) is 0 Å². The van der Waals surface area contributed by atoms with Gasteiger partial charge in [-0.1, -0.05) is 24.6 Å². The fraction of sp³-hybridized carbons (Fsp3) is 0.556. The minimum atomic E-state index is 0.682. The molecule has 2 aliphatic rings. The molecular weight excluding hydrogens is 258 g/mol. The molecule has 3 heteroatoms. The molecule has 3 heterocycles. The van der Waals surface area contributed by atoms with Gasteiger partial charge in [0.1, 0.15) is 0 Å². The van der Waals surface area contributed by atoms with Gasteiger partial charge in [0.05, 0.1) is 0 Å². The lowest BCUT2D eigenvalue weighted by Gasteiger charge is -2.47. The van der Waals surface area contributed by atoms with E-state index in [9.17, 15) is 0 Å². The highest BCUT2D eigenvalue weighted by Gasteiger charge is 2.35. The summed E-state index contributed by atoms with van der Waals surface area (Å²) in [4.78, 5) is 6.01. The second-order valence-corrected chi connectivity index (χ2v) is 6.81. The molecule has 2 bridgehead atoms. The highest BCUT2D eigenvalue weighted by molar-refractivity contribution is 5.82. The predicted octanol–water partition coefficient (Wildman–Crippen LogP) is 3.27. The second kappa shape index (κ2) is 5.47. The number of hydrogen-bond donors (Lipinski definition) is 2. The van der Waals surface area contributed by atoms with Crippen LogP contribution in [0.25, 0.3) is 10.9 Å². The maximum atomic E-state index is 3.82. The highest BCUT2D eigenvalue weighted by Crippen LogP contribution is 2.32. The largest absolute Gasteiger partial charge is 0.361 e. The lowest BCUT2D eigenvalue weighted by Crippen LogP contribution is -2.54. The number of aromatic amines is 1. The number of nitrogens with one attached hydrogen (secondary N) is 2. The Labute approximate surface area is 126 Å². The summed E-state index contributed by atoms with van der Waals surface area (Å²) in [6.07, 6.45) is 8.86. The van der Waals surface area contributed by atoms with E-state index < -0.39 is 0 Å². The monoisotopic (exact) mass is 283 g/mol. The number of hydrogen-bond acceptors (Lipinski definition) is 2. The van der Waals surface area contributed by atoms with Crippen LogP contribution in [0.4, 0.5) is 0 Å². The van der Waals surface area contributed by atoms with Crippen molar-refractivity contribution in [3.05, 3.63) is 36.0 Å². The molecule has 1 aromatic carbocycles. The van der Waals surface area contributed by atoms with E-state index in [0.717, 1.165) is 18.6 Å². The van der Waals surface area contributed by atoms with Crippen LogP contribution < -0.4 is 5.32 Å². The smallest absolute Gasteiger partial charge is 0.0499 e. The Kier molecular flexibility index (Phi) is 3.48. The maximum absolute atomic E-state index is 3.82. The zero-order valence-corrected chi connectivity index (χ0v) is 12.8. The molecule has 2 unspecified atom stereocenters. The Hall–Kier alpha value is -1.32. The second-order valence-electron chi connectivity index (χ2n) is 6.81. The molecule has 4 rings (SSSR count). The van der Waals surface area contributed by atoms with Crippen LogP contribution in [0.1, 0.15) is 37.7 Å². The van der Waals surface area contributed by atoms with Crippen molar-refractivity contribution in [2.45, 2.75) is 56.8 Å². The maximum Gasteiger partial charge on any atom is 0.0499 e. The van der Waals surface area contributed by atoms with Crippen LogP contribution in [0, 0.1) is 0 Å². The van der Waals surface area contributed by atoms with Gasteiger partial charge in [-0.05, 0) is 49.7 Å². The molecule has 1 aromatic heterocycles. The first-order valence-electron chi connectivity index (χ1n) is 8.31. The molecule has 2 N–H and O–H groups in total. The predicted molar refractivity (Wildman–Crippen MR) is 87.4 cm³/mol. The summed E-state index contributed by atoms with van der Waals surface area (Å²) in [5.41, 5.74) is 2.68. The third-order valence-corrected chi connectivity index (χ3v) is 5.59. The Morgan fingerprint density at radius 2 is 2.00 bits per heavy atom. The molecule has 3 nitrogen and oxygen atoms in total. The third kappa shape index (κ3) is 2.49. The van der Waals surface area contributed by atoms with Crippen molar-refractivity contribution in [1.29, 1.82) is 0 Å². The zero-order chi connectivity index (χ0) is 14.2. The van der Waals surface area contributed by atoms with Crippen molar-refractivity contribution in [3.8, 4) is 0 Å². The van der Waals surface area contributed by atoms with Crippen LogP contribution in [0.2, 0.25) is 0 Å². The van der Waals surface area contributed by atoms with Crippen LogP contribution in [-0.2, 0) is 6.54 Å². The van der Waals surface area contributed by atoms with Gasteiger partial charge in [0.25, 0.3) is 0 Å². The van der Waals surface area contributed by atoms with Gasteiger partial charge in [0.2, 0.25) is 0 Å². The Bertz CT molecular complexity index is 604. The molecule has 0 radical (unpaired) electrons. The third-order valence-electron chi connectivity index (χ3n) is 5.59. The summed E-state index contributed by atoms with van der Waals surface area (Å²) in [6, 6.07) is 11.0. The number of nitrogens with zero attached hydrogens (tertiary/aromatic N) is 1. The molecule has 2 atom stereocenters.